The molecule has 0 saturated heterocycles. The largest absolute Gasteiger partial charge is 0.348 e. The Labute approximate surface area is 163 Å². The molecule has 2 amide bonds. The number of thiophene rings is 1. The summed E-state index contributed by atoms with van der Waals surface area (Å²) in [5.74, 6) is -0.146. The molecule has 0 saturated carbocycles. The molecule has 142 valence electrons. The maximum absolute atomic E-state index is 12.4. The third-order valence-corrected chi connectivity index (χ3v) is 5.39. The van der Waals surface area contributed by atoms with Crippen LogP contribution in [-0.2, 0) is 11.2 Å². The van der Waals surface area contributed by atoms with E-state index in [1.807, 2.05) is 17.5 Å². The molecule has 2 aromatic rings. The summed E-state index contributed by atoms with van der Waals surface area (Å²) in [6, 6.07) is 11.2. The molecule has 0 aliphatic carbocycles. The van der Waals surface area contributed by atoms with Crippen molar-refractivity contribution in [2.45, 2.75) is 25.7 Å². The summed E-state index contributed by atoms with van der Waals surface area (Å²) < 4.78 is 0. The molecule has 3 N–H and O–H groups in total. The summed E-state index contributed by atoms with van der Waals surface area (Å²) in [7, 11) is 0. The van der Waals surface area contributed by atoms with Crippen molar-refractivity contribution in [3.63, 3.8) is 0 Å². The van der Waals surface area contributed by atoms with Gasteiger partial charge < -0.3 is 16.0 Å². The number of hydrogen-bond acceptors (Lipinski definition) is 4. The van der Waals surface area contributed by atoms with E-state index in [-0.39, 0.29) is 11.8 Å². The second-order valence-electron chi connectivity index (χ2n) is 6.56. The predicted octanol–water partition coefficient (Wildman–Crippen LogP) is 3.36. The standard InChI is InChI=1S/C21H25N3O2S/c25-20(8-2-6-19-7-3-13-27-19)24-18-5-1-4-17(14-18)21(26)23-15-16-9-11-22-12-10-16/h1,3-5,7,9,13-14,22H,2,6,8,10-12,15H2,(H,23,26)(H,24,25). The predicted molar refractivity (Wildman–Crippen MR) is 110 cm³/mol. The fraction of sp³-hybridized carbons (Fsp3) is 0.333. The van der Waals surface area contributed by atoms with Crippen LogP contribution in [0.3, 0.4) is 0 Å². The van der Waals surface area contributed by atoms with Gasteiger partial charge in [-0.1, -0.05) is 23.8 Å². The molecule has 6 heteroatoms. The number of rotatable bonds is 8. The Morgan fingerprint density at radius 3 is 2.89 bits per heavy atom. The number of nitrogens with one attached hydrogen (secondary N) is 3. The van der Waals surface area contributed by atoms with Gasteiger partial charge in [0.25, 0.3) is 5.91 Å². The number of anilines is 1. The van der Waals surface area contributed by atoms with Crippen molar-refractivity contribution in [1.82, 2.24) is 10.6 Å². The number of amides is 2. The van der Waals surface area contributed by atoms with Gasteiger partial charge in [-0.25, -0.2) is 0 Å². The van der Waals surface area contributed by atoms with Gasteiger partial charge in [-0.05, 0) is 55.5 Å². The van der Waals surface area contributed by atoms with Crippen molar-refractivity contribution in [2.24, 2.45) is 0 Å². The smallest absolute Gasteiger partial charge is 0.251 e. The molecule has 0 spiro atoms. The zero-order valence-corrected chi connectivity index (χ0v) is 16.1. The normalized spacial score (nSPS) is 13.7. The van der Waals surface area contributed by atoms with E-state index in [9.17, 15) is 9.59 Å². The molecule has 0 fully saturated rings. The van der Waals surface area contributed by atoms with Crippen molar-refractivity contribution in [3.8, 4) is 0 Å². The second-order valence-corrected chi connectivity index (χ2v) is 7.59. The molecule has 1 aromatic carbocycles. The summed E-state index contributed by atoms with van der Waals surface area (Å²) in [6.45, 7) is 2.38. The Morgan fingerprint density at radius 1 is 1.19 bits per heavy atom. The lowest BCUT2D eigenvalue weighted by Crippen LogP contribution is -2.29. The van der Waals surface area contributed by atoms with E-state index in [0.29, 0.717) is 24.2 Å². The Morgan fingerprint density at radius 2 is 2.11 bits per heavy atom. The fourth-order valence-electron chi connectivity index (χ4n) is 2.97. The Bertz CT molecular complexity index is 800. The van der Waals surface area contributed by atoms with Gasteiger partial charge in [0.15, 0.2) is 0 Å². The second kappa shape index (κ2) is 10.0. The van der Waals surface area contributed by atoms with Crippen LogP contribution in [0.15, 0.2) is 53.4 Å². The minimum Gasteiger partial charge on any atom is -0.348 e. The molecule has 0 bridgehead atoms. The first-order valence-electron chi connectivity index (χ1n) is 9.30. The fourth-order valence-corrected chi connectivity index (χ4v) is 3.72. The average molecular weight is 384 g/mol. The molecule has 3 rings (SSSR count). The Hall–Kier alpha value is -2.44. The van der Waals surface area contributed by atoms with E-state index in [1.165, 1.54) is 10.5 Å². The molecule has 1 aliphatic rings. The van der Waals surface area contributed by atoms with Crippen molar-refractivity contribution in [3.05, 3.63) is 63.9 Å². The highest BCUT2D eigenvalue weighted by molar-refractivity contribution is 7.09. The van der Waals surface area contributed by atoms with Crippen LogP contribution in [0.4, 0.5) is 5.69 Å². The van der Waals surface area contributed by atoms with E-state index in [1.54, 1.807) is 29.5 Å². The lowest BCUT2D eigenvalue weighted by atomic mass is 10.1. The molecular formula is C21H25N3O2S. The number of carbonyl (C=O) groups excluding carboxylic acids is 2. The zero-order valence-electron chi connectivity index (χ0n) is 15.3. The minimum atomic E-state index is -0.122. The average Bonchev–Trinajstić information content (AvgIpc) is 3.20. The van der Waals surface area contributed by atoms with E-state index in [4.69, 9.17) is 0 Å². The van der Waals surface area contributed by atoms with E-state index in [2.05, 4.69) is 28.1 Å². The van der Waals surface area contributed by atoms with Crippen LogP contribution in [0.25, 0.3) is 0 Å². The van der Waals surface area contributed by atoms with Gasteiger partial charge in [0.05, 0.1) is 0 Å². The molecular weight excluding hydrogens is 358 g/mol. The van der Waals surface area contributed by atoms with Crippen molar-refractivity contribution in [2.75, 3.05) is 25.0 Å². The summed E-state index contributed by atoms with van der Waals surface area (Å²) in [4.78, 5) is 25.8. The van der Waals surface area contributed by atoms with Crippen LogP contribution >= 0.6 is 11.3 Å². The molecule has 27 heavy (non-hydrogen) atoms. The molecule has 1 aromatic heterocycles. The zero-order chi connectivity index (χ0) is 18.9. The maximum atomic E-state index is 12.4. The van der Waals surface area contributed by atoms with Crippen molar-refractivity contribution in [1.29, 1.82) is 0 Å². The monoisotopic (exact) mass is 383 g/mol. The Balaban J connectivity index is 1.46. The highest BCUT2D eigenvalue weighted by Crippen LogP contribution is 2.14. The third-order valence-electron chi connectivity index (χ3n) is 4.45. The van der Waals surface area contributed by atoms with Gasteiger partial charge >= 0.3 is 0 Å². The number of benzene rings is 1. The SMILES string of the molecule is O=C(CCCc1cccs1)Nc1cccc(C(=O)NCC2=CCNCC2)c1. The summed E-state index contributed by atoms with van der Waals surface area (Å²) in [5, 5.41) is 11.1. The minimum absolute atomic E-state index is 0.0241. The van der Waals surface area contributed by atoms with Gasteiger partial charge in [0.2, 0.25) is 5.91 Å². The molecule has 0 atom stereocenters. The first-order valence-corrected chi connectivity index (χ1v) is 10.2. The molecule has 5 nitrogen and oxygen atoms in total. The van der Waals surface area contributed by atoms with Crippen molar-refractivity contribution >= 4 is 28.8 Å². The Kier molecular flexibility index (Phi) is 7.19. The van der Waals surface area contributed by atoms with Crippen LogP contribution in [0.5, 0.6) is 0 Å². The summed E-state index contributed by atoms with van der Waals surface area (Å²) in [5.41, 5.74) is 2.46. The van der Waals surface area contributed by atoms with Gasteiger partial charge in [0, 0.05) is 35.6 Å². The van der Waals surface area contributed by atoms with E-state index < -0.39 is 0 Å². The number of aryl methyl sites for hydroxylation is 1. The van der Waals surface area contributed by atoms with Crippen LogP contribution in [0.2, 0.25) is 0 Å². The van der Waals surface area contributed by atoms with Crippen LogP contribution in [0.1, 0.15) is 34.5 Å². The van der Waals surface area contributed by atoms with E-state index in [0.717, 1.165) is 32.4 Å². The highest BCUT2D eigenvalue weighted by atomic mass is 32.1. The van der Waals surface area contributed by atoms with Gasteiger partial charge in [-0.3, -0.25) is 9.59 Å². The van der Waals surface area contributed by atoms with Gasteiger partial charge in [-0.15, -0.1) is 11.3 Å². The first-order chi connectivity index (χ1) is 13.2. The topological polar surface area (TPSA) is 70.2 Å². The quantitative estimate of drug-likeness (QED) is 0.612. The summed E-state index contributed by atoms with van der Waals surface area (Å²) >= 11 is 1.71. The van der Waals surface area contributed by atoms with E-state index >= 15 is 0 Å². The lowest BCUT2D eigenvalue weighted by molar-refractivity contribution is -0.116. The molecule has 0 radical (unpaired) electrons. The van der Waals surface area contributed by atoms with Crippen molar-refractivity contribution < 1.29 is 9.59 Å². The molecule has 2 heterocycles. The summed E-state index contributed by atoms with van der Waals surface area (Å²) in [6.07, 6.45) is 5.28. The van der Waals surface area contributed by atoms with Gasteiger partial charge in [0.1, 0.15) is 0 Å². The third kappa shape index (κ3) is 6.34. The highest BCUT2D eigenvalue weighted by Gasteiger charge is 2.10. The van der Waals surface area contributed by atoms with Gasteiger partial charge in [-0.2, -0.15) is 0 Å². The lowest BCUT2D eigenvalue weighted by Gasteiger charge is -2.14. The van der Waals surface area contributed by atoms with Crippen LogP contribution < -0.4 is 16.0 Å². The first kappa shape index (κ1) is 19.3. The number of carbonyl (C=O) groups is 2. The molecule has 0 unspecified atom stereocenters. The number of hydrogen-bond donors (Lipinski definition) is 3. The van der Waals surface area contributed by atoms with Crippen LogP contribution in [0, 0.1) is 0 Å². The maximum Gasteiger partial charge on any atom is 0.251 e. The van der Waals surface area contributed by atoms with Crippen LogP contribution in [-0.4, -0.2) is 31.4 Å². The molecule has 1 aliphatic heterocycles.